The van der Waals surface area contributed by atoms with E-state index in [0.717, 1.165) is 25.3 Å². The van der Waals surface area contributed by atoms with E-state index in [4.69, 9.17) is 0 Å². The van der Waals surface area contributed by atoms with Crippen molar-refractivity contribution in [1.82, 2.24) is 9.80 Å². The van der Waals surface area contributed by atoms with Crippen molar-refractivity contribution in [3.05, 3.63) is 0 Å². The van der Waals surface area contributed by atoms with Crippen LogP contribution in [0.2, 0.25) is 0 Å². The van der Waals surface area contributed by atoms with Crippen molar-refractivity contribution in [1.29, 1.82) is 0 Å². The van der Waals surface area contributed by atoms with Gasteiger partial charge < -0.3 is 4.90 Å². The van der Waals surface area contributed by atoms with Crippen LogP contribution in [0, 0.1) is 0 Å². The zero-order chi connectivity index (χ0) is 13.0. The second kappa shape index (κ2) is 6.80. The highest BCUT2D eigenvalue weighted by Crippen LogP contribution is 2.30. The Balaban J connectivity index is 1.96. The van der Waals surface area contributed by atoms with Gasteiger partial charge in [0.05, 0.1) is 0 Å². The first-order chi connectivity index (χ1) is 8.77. The van der Waals surface area contributed by atoms with Gasteiger partial charge in [-0.25, -0.2) is 0 Å². The molecule has 2 aliphatic rings. The summed E-state index contributed by atoms with van der Waals surface area (Å²) in [7, 11) is 0. The molecule has 0 radical (unpaired) electrons. The van der Waals surface area contributed by atoms with Gasteiger partial charge in [0, 0.05) is 30.8 Å². The number of carbonyl (C=O) groups excluding carboxylic acids is 1. The lowest BCUT2D eigenvalue weighted by Gasteiger charge is -2.34. The van der Waals surface area contributed by atoms with Crippen molar-refractivity contribution in [3.63, 3.8) is 0 Å². The third-order valence-electron chi connectivity index (χ3n) is 4.40. The molecule has 0 saturated carbocycles. The van der Waals surface area contributed by atoms with Gasteiger partial charge in [-0.05, 0) is 45.0 Å². The number of rotatable bonds is 5. The fraction of sp³-hybridized carbons (Fsp3) is 0.929. The lowest BCUT2D eigenvalue weighted by atomic mass is 10.0. The molecule has 18 heavy (non-hydrogen) atoms. The van der Waals surface area contributed by atoms with Crippen LogP contribution in [0.25, 0.3) is 0 Å². The van der Waals surface area contributed by atoms with Gasteiger partial charge in [-0.1, -0.05) is 6.92 Å². The average molecular weight is 270 g/mol. The molecule has 0 N–H and O–H groups in total. The zero-order valence-electron chi connectivity index (χ0n) is 11.7. The number of thioether (sulfide) groups is 1. The van der Waals surface area contributed by atoms with Gasteiger partial charge in [-0.3, -0.25) is 9.69 Å². The summed E-state index contributed by atoms with van der Waals surface area (Å²) in [6.07, 6.45) is 7.80. The van der Waals surface area contributed by atoms with Crippen LogP contribution in [-0.2, 0) is 4.79 Å². The Morgan fingerprint density at radius 1 is 1.22 bits per heavy atom. The maximum absolute atomic E-state index is 12.3. The van der Waals surface area contributed by atoms with E-state index < -0.39 is 0 Å². The Morgan fingerprint density at radius 3 is 2.67 bits per heavy atom. The molecular weight excluding hydrogens is 244 g/mol. The SMILES string of the molecule is CCN1CCC[C@@H]1[C@H]1CCCN1C(=O)CCSC. The normalized spacial score (nSPS) is 29.1. The van der Waals surface area contributed by atoms with Gasteiger partial charge in [0.25, 0.3) is 0 Å². The number of hydrogen-bond acceptors (Lipinski definition) is 3. The third-order valence-corrected chi connectivity index (χ3v) is 5.02. The summed E-state index contributed by atoms with van der Waals surface area (Å²) in [5.41, 5.74) is 0. The van der Waals surface area contributed by atoms with Gasteiger partial charge in [0.15, 0.2) is 0 Å². The molecule has 4 heteroatoms. The summed E-state index contributed by atoms with van der Waals surface area (Å²) in [5.74, 6) is 1.35. The summed E-state index contributed by atoms with van der Waals surface area (Å²) >= 11 is 1.77. The van der Waals surface area contributed by atoms with Crippen molar-refractivity contribution in [2.45, 2.75) is 51.1 Å². The van der Waals surface area contributed by atoms with Crippen molar-refractivity contribution in [2.24, 2.45) is 0 Å². The minimum absolute atomic E-state index is 0.384. The summed E-state index contributed by atoms with van der Waals surface area (Å²) in [5, 5.41) is 0. The molecule has 0 bridgehead atoms. The minimum atomic E-state index is 0.384. The molecule has 2 atom stereocenters. The fourth-order valence-corrected chi connectivity index (χ4v) is 3.89. The third kappa shape index (κ3) is 3.02. The van der Waals surface area contributed by atoms with E-state index >= 15 is 0 Å². The molecule has 0 unspecified atom stereocenters. The summed E-state index contributed by atoms with van der Waals surface area (Å²) in [6, 6.07) is 1.14. The first-order valence-corrected chi connectivity index (χ1v) is 8.69. The van der Waals surface area contributed by atoms with Gasteiger partial charge in [0.2, 0.25) is 5.91 Å². The zero-order valence-corrected chi connectivity index (χ0v) is 12.5. The minimum Gasteiger partial charge on any atom is -0.338 e. The van der Waals surface area contributed by atoms with Crippen LogP contribution in [0.15, 0.2) is 0 Å². The van der Waals surface area contributed by atoms with Crippen LogP contribution in [-0.4, -0.2) is 59.4 Å². The molecule has 0 aromatic carbocycles. The quantitative estimate of drug-likeness (QED) is 0.765. The molecule has 104 valence electrons. The Hall–Kier alpha value is -0.220. The van der Waals surface area contributed by atoms with Gasteiger partial charge in [-0.15, -0.1) is 0 Å². The second-order valence-corrected chi connectivity index (χ2v) is 6.36. The van der Waals surface area contributed by atoms with Crippen molar-refractivity contribution in [3.8, 4) is 0 Å². The topological polar surface area (TPSA) is 23.6 Å². The first kappa shape index (κ1) is 14.2. The van der Waals surface area contributed by atoms with Crippen LogP contribution < -0.4 is 0 Å². The lowest BCUT2D eigenvalue weighted by molar-refractivity contribution is -0.132. The van der Waals surface area contributed by atoms with Crippen LogP contribution in [0.1, 0.15) is 39.0 Å². The van der Waals surface area contributed by atoms with Crippen LogP contribution in [0.5, 0.6) is 0 Å². The Bertz CT molecular complexity index is 285. The molecule has 0 aromatic heterocycles. The molecule has 2 aliphatic heterocycles. The lowest BCUT2D eigenvalue weighted by Crippen LogP contribution is -2.48. The molecule has 0 spiro atoms. The fourth-order valence-electron chi connectivity index (χ4n) is 3.52. The summed E-state index contributed by atoms with van der Waals surface area (Å²) in [4.78, 5) is 17.0. The number of likely N-dealkylation sites (tertiary alicyclic amines) is 2. The maximum Gasteiger partial charge on any atom is 0.223 e. The molecule has 2 rings (SSSR count). The Labute approximate surface area is 115 Å². The highest BCUT2D eigenvalue weighted by atomic mass is 32.2. The molecule has 3 nitrogen and oxygen atoms in total. The highest BCUT2D eigenvalue weighted by Gasteiger charge is 2.38. The molecular formula is C14H26N2OS. The molecule has 0 aromatic rings. The van der Waals surface area contributed by atoms with Crippen LogP contribution in [0.4, 0.5) is 0 Å². The summed E-state index contributed by atoms with van der Waals surface area (Å²) < 4.78 is 0. The van der Waals surface area contributed by atoms with Crippen molar-refractivity contribution in [2.75, 3.05) is 31.6 Å². The molecule has 2 fully saturated rings. The number of hydrogen-bond donors (Lipinski definition) is 0. The largest absolute Gasteiger partial charge is 0.338 e. The molecule has 2 heterocycles. The van der Waals surface area contributed by atoms with E-state index in [1.165, 1.54) is 32.2 Å². The molecule has 2 saturated heterocycles. The van der Waals surface area contributed by atoms with E-state index in [-0.39, 0.29) is 0 Å². The van der Waals surface area contributed by atoms with Gasteiger partial charge >= 0.3 is 0 Å². The van der Waals surface area contributed by atoms with E-state index in [1.807, 2.05) is 0 Å². The highest BCUT2D eigenvalue weighted by molar-refractivity contribution is 7.98. The smallest absolute Gasteiger partial charge is 0.223 e. The standard InChI is InChI=1S/C14H26N2OS/c1-3-15-9-4-6-12(15)13-7-5-10-16(13)14(17)8-11-18-2/h12-13H,3-11H2,1-2H3/t12-,13-/m1/s1. The Kier molecular flexibility index (Phi) is 5.37. The number of likely N-dealkylation sites (N-methyl/N-ethyl adjacent to an activating group) is 1. The Morgan fingerprint density at radius 2 is 1.94 bits per heavy atom. The van der Waals surface area contributed by atoms with E-state index in [2.05, 4.69) is 23.0 Å². The monoisotopic (exact) mass is 270 g/mol. The van der Waals surface area contributed by atoms with Gasteiger partial charge in [-0.2, -0.15) is 11.8 Å². The maximum atomic E-state index is 12.3. The van der Waals surface area contributed by atoms with E-state index in [0.29, 0.717) is 18.0 Å². The summed E-state index contributed by atoms with van der Waals surface area (Å²) in [6.45, 7) is 5.59. The number of amides is 1. The van der Waals surface area contributed by atoms with Crippen molar-refractivity contribution >= 4 is 17.7 Å². The van der Waals surface area contributed by atoms with Crippen LogP contribution >= 0.6 is 11.8 Å². The average Bonchev–Trinajstić information content (AvgIpc) is 3.02. The number of nitrogens with zero attached hydrogens (tertiary/aromatic N) is 2. The van der Waals surface area contributed by atoms with E-state index in [1.54, 1.807) is 11.8 Å². The second-order valence-electron chi connectivity index (χ2n) is 5.38. The van der Waals surface area contributed by atoms with E-state index in [9.17, 15) is 4.79 Å². The molecule has 0 aliphatic carbocycles. The first-order valence-electron chi connectivity index (χ1n) is 7.30. The van der Waals surface area contributed by atoms with Crippen molar-refractivity contribution < 1.29 is 4.79 Å². The van der Waals surface area contributed by atoms with Crippen LogP contribution in [0.3, 0.4) is 0 Å². The predicted molar refractivity (Wildman–Crippen MR) is 78.0 cm³/mol. The van der Waals surface area contributed by atoms with Gasteiger partial charge in [0.1, 0.15) is 0 Å². The number of carbonyl (C=O) groups is 1. The molecule has 1 amide bonds. The predicted octanol–water partition coefficient (Wildman–Crippen LogP) is 2.21.